The quantitative estimate of drug-likeness (QED) is 0.674. The van der Waals surface area contributed by atoms with Gasteiger partial charge in [0.25, 0.3) is 0 Å². The number of hydrogen-bond acceptors (Lipinski definition) is 4. The van der Waals surface area contributed by atoms with Crippen molar-refractivity contribution in [2.75, 3.05) is 25.0 Å². The second-order valence-electron chi connectivity index (χ2n) is 9.27. The number of rotatable bonds is 6. The molecule has 2 aliphatic rings. The second kappa shape index (κ2) is 10.3. The Morgan fingerprint density at radius 1 is 1.00 bits per heavy atom. The van der Waals surface area contributed by atoms with E-state index in [1.54, 1.807) is 19.1 Å². The lowest BCUT2D eigenvalue weighted by molar-refractivity contribution is -0.133. The fourth-order valence-corrected chi connectivity index (χ4v) is 6.38. The van der Waals surface area contributed by atoms with Gasteiger partial charge in [0.05, 0.1) is 10.9 Å². The van der Waals surface area contributed by atoms with E-state index in [0.29, 0.717) is 31.0 Å². The van der Waals surface area contributed by atoms with Gasteiger partial charge in [0, 0.05) is 38.2 Å². The van der Waals surface area contributed by atoms with Crippen LogP contribution in [0.4, 0.5) is 5.69 Å². The van der Waals surface area contributed by atoms with Crippen LogP contribution in [0.5, 0.6) is 0 Å². The smallest absolute Gasteiger partial charge is 0.243 e. The normalized spacial score (nSPS) is 19.5. The molecule has 1 unspecified atom stereocenters. The molecule has 4 rings (SSSR count). The molecule has 2 aromatic carbocycles. The predicted molar refractivity (Wildman–Crippen MR) is 132 cm³/mol. The molecule has 1 atom stereocenters. The number of piperidine rings is 1. The minimum atomic E-state index is -3.84. The highest BCUT2D eigenvalue weighted by Crippen LogP contribution is 2.37. The number of sulfonamides is 1. The third kappa shape index (κ3) is 5.18. The van der Waals surface area contributed by atoms with Crippen LogP contribution in [0, 0.1) is 5.92 Å². The number of hydrogen-bond donors (Lipinski definition) is 1. The molecule has 2 amide bonds. The summed E-state index contributed by atoms with van der Waals surface area (Å²) in [5.41, 5.74) is 2.56. The van der Waals surface area contributed by atoms with Gasteiger partial charge in [-0.3, -0.25) is 9.59 Å². The molecule has 1 N–H and O–H groups in total. The molecule has 2 aromatic rings. The van der Waals surface area contributed by atoms with Crippen LogP contribution < -0.4 is 5.32 Å². The fourth-order valence-electron chi connectivity index (χ4n) is 4.78. The van der Waals surface area contributed by atoms with E-state index in [-0.39, 0.29) is 23.1 Å². The summed E-state index contributed by atoms with van der Waals surface area (Å²) in [5.74, 6) is 0.488. The number of fused-ring (bicyclic) bond motifs is 1. The summed E-state index contributed by atoms with van der Waals surface area (Å²) in [6.45, 7) is 5.74. The molecule has 2 aliphatic heterocycles. The van der Waals surface area contributed by atoms with E-state index in [1.807, 2.05) is 29.2 Å². The SMILES string of the molecule is CCC(=O)Nc1ccc(S(=O)(=O)N2CCc3ccccc3C2CC(=O)N2CCC(C)CC2)cc1. The number of carbonyl (C=O) groups is 2. The molecule has 0 aliphatic carbocycles. The highest BCUT2D eigenvalue weighted by Gasteiger charge is 2.38. The van der Waals surface area contributed by atoms with Crippen LogP contribution in [0.25, 0.3) is 0 Å². The number of amides is 2. The molecular formula is C26H33N3O4S. The monoisotopic (exact) mass is 483 g/mol. The summed E-state index contributed by atoms with van der Waals surface area (Å²) in [5, 5.41) is 2.74. The Morgan fingerprint density at radius 2 is 1.68 bits per heavy atom. The predicted octanol–water partition coefficient (Wildman–Crippen LogP) is 3.97. The highest BCUT2D eigenvalue weighted by atomic mass is 32.2. The van der Waals surface area contributed by atoms with E-state index >= 15 is 0 Å². The fraction of sp³-hybridized carbons (Fsp3) is 0.462. The van der Waals surface area contributed by atoms with Crippen molar-refractivity contribution in [1.29, 1.82) is 0 Å². The van der Waals surface area contributed by atoms with Gasteiger partial charge in [0.15, 0.2) is 0 Å². The average molecular weight is 484 g/mol. The molecule has 1 saturated heterocycles. The Balaban J connectivity index is 1.61. The zero-order chi connectivity index (χ0) is 24.3. The Hall–Kier alpha value is -2.71. The Bertz CT molecular complexity index is 1140. The van der Waals surface area contributed by atoms with Crippen LogP contribution >= 0.6 is 0 Å². The third-order valence-corrected chi connectivity index (χ3v) is 8.86. The van der Waals surface area contributed by atoms with E-state index in [2.05, 4.69) is 12.2 Å². The van der Waals surface area contributed by atoms with E-state index < -0.39 is 16.1 Å². The van der Waals surface area contributed by atoms with Crippen LogP contribution in [-0.2, 0) is 26.0 Å². The van der Waals surface area contributed by atoms with Gasteiger partial charge in [-0.1, -0.05) is 38.1 Å². The van der Waals surface area contributed by atoms with Crippen molar-refractivity contribution < 1.29 is 18.0 Å². The highest BCUT2D eigenvalue weighted by molar-refractivity contribution is 7.89. The lowest BCUT2D eigenvalue weighted by Gasteiger charge is -2.38. The van der Waals surface area contributed by atoms with Crippen LogP contribution in [0.3, 0.4) is 0 Å². The lowest BCUT2D eigenvalue weighted by Crippen LogP contribution is -2.44. The maximum atomic E-state index is 13.7. The molecule has 0 saturated carbocycles. The van der Waals surface area contributed by atoms with Crippen molar-refractivity contribution in [1.82, 2.24) is 9.21 Å². The number of carbonyl (C=O) groups excluding carboxylic acids is 2. The van der Waals surface area contributed by atoms with Crippen molar-refractivity contribution in [2.45, 2.75) is 56.9 Å². The Morgan fingerprint density at radius 3 is 2.35 bits per heavy atom. The molecule has 34 heavy (non-hydrogen) atoms. The van der Waals surface area contributed by atoms with E-state index in [4.69, 9.17) is 0 Å². The van der Waals surface area contributed by atoms with Crippen molar-refractivity contribution in [3.63, 3.8) is 0 Å². The lowest BCUT2D eigenvalue weighted by atomic mass is 9.91. The van der Waals surface area contributed by atoms with Gasteiger partial charge >= 0.3 is 0 Å². The molecule has 8 heteroatoms. The summed E-state index contributed by atoms with van der Waals surface area (Å²) in [7, 11) is -3.84. The summed E-state index contributed by atoms with van der Waals surface area (Å²) in [6, 6.07) is 13.5. The Kier molecular flexibility index (Phi) is 7.38. The molecular weight excluding hydrogens is 450 g/mol. The maximum Gasteiger partial charge on any atom is 0.243 e. The number of nitrogens with one attached hydrogen (secondary N) is 1. The van der Waals surface area contributed by atoms with Gasteiger partial charge in [-0.25, -0.2) is 8.42 Å². The second-order valence-corrected chi connectivity index (χ2v) is 11.2. The summed E-state index contributed by atoms with van der Waals surface area (Å²) in [6.07, 6.45) is 3.05. The zero-order valence-electron chi connectivity index (χ0n) is 19.9. The first-order valence-electron chi connectivity index (χ1n) is 12.1. The van der Waals surface area contributed by atoms with E-state index in [1.165, 1.54) is 16.4 Å². The minimum absolute atomic E-state index is 0.00595. The minimum Gasteiger partial charge on any atom is -0.343 e. The van der Waals surface area contributed by atoms with E-state index in [0.717, 1.165) is 37.1 Å². The van der Waals surface area contributed by atoms with Gasteiger partial charge < -0.3 is 10.2 Å². The number of anilines is 1. The molecule has 2 heterocycles. The maximum absolute atomic E-state index is 13.7. The van der Waals surface area contributed by atoms with Crippen LogP contribution in [0.15, 0.2) is 53.4 Å². The topological polar surface area (TPSA) is 86.8 Å². The van der Waals surface area contributed by atoms with Crippen molar-refractivity contribution in [3.05, 3.63) is 59.7 Å². The third-order valence-electron chi connectivity index (χ3n) is 6.93. The van der Waals surface area contributed by atoms with Gasteiger partial charge in [0.1, 0.15) is 0 Å². The standard InChI is InChI=1S/C26H33N3O4S/c1-3-25(30)27-21-8-10-22(11-9-21)34(32,33)29-17-14-20-6-4-5-7-23(20)24(29)18-26(31)28-15-12-19(2)13-16-28/h4-11,19,24H,3,12-18H2,1-2H3,(H,27,30). The van der Waals surface area contributed by atoms with Crippen LogP contribution in [0.1, 0.15) is 56.7 Å². The first-order chi connectivity index (χ1) is 16.3. The molecule has 1 fully saturated rings. The van der Waals surface area contributed by atoms with Gasteiger partial charge in [-0.15, -0.1) is 0 Å². The molecule has 7 nitrogen and oxygen atoms in total. The average Bonchev–Trinajstić information content (AvgIpc) is 2.84. The molecule has 0 aromatic heterocycles. The number of benzene rings is 2. The van der Waals surface area contributed by atoms with Crippen molar-refractivity contribution in [2.24, 2.45) is 5.92 Å². The van der Waals surface area contributed by atoms with Crippen LogP contribution in [0.2, 0.25) is 0 Å². The van der Waals surface area contributed by atoms with Gasteiger partial charge in [-0.05, 0) is 60.6 Å². The van der Waals surface area contributed by atoms with Gasteiger partial charge in [-0.2, -0.15) is 4.31 Å². The van der Waals surface area contributed by atoms with Gasteiger partial charge in [0.2, 0.25) is 21.8 Å². The van der Waals surface area contributed by atoms with E-state index in [9.17, 15) is 18.0 Å². The largest absolute Gasteiger partial charge is 0.343 e. The first-order valence-corrected chi connectivity index (χ1v) is 13.5. The Labute approximate surface area is 202 Å². The van der Waals surface area contributed by atoms with Crippen molar-refractivity contribution >= 4 is 27.5 Å². The summed E-state index contributed by atoms with van der Waals surface area (Å²) in [4.78, 5) is 26.9. The molecule has 0 bridgehead atoms. The number of likely N-dealkylation sites (tertiary alicyclic amines) is 1. The molecule has 0 spiro atoms. The first kappa shape index (κ1) is 24.4. The van der Waals surface area contributed by atoms with Crippen LogP contribution in [-0.4, -0.2) is 49.1 Å². The zero-order valence-corrected chi connectivity index (χ0v) is 20.7. The molecule has 0 radical (unpaired) electrons. The molecule has 182 valence electrons. The number of nitrogens with zero attached hydrogens (tertiary/aromatic N) is 2. The summed E-state index contributed by atoms with van der Waals surface area (Å²) < 4.78 is 28.9. The summed E-state index contributed by atoms with van der Waals surface area (Å²) >= 11 is 0. The van der Waals surface area contributed by atoms with Crippen molar-refractivity contribution in [3.8, 4) is 0 Å².